The zero-order valence-electron chi connectivity index (χ0n) is 9.03. The van der Waals surface area contributed by atoms with Crippen molar-refractivity contribution in [2.24, 2.45) is 0 Å². The van der Waals surface area contributed by atoms with Gasteiger partial charge in [0.1, 0.15) is 11.5 Å². The summed E-state index contributed by atoms with van der Waals surface area (Å²) in [5.41, 5.74) is 1.11. The second-order valence-electron chi connectivity index (χ2n) is 3.63. The summed E-state index contributed by atoms with van der Waals surface area (Å²) in [7, 11) is 0.342. The van der Waals surface area contributed by atoms with Crippen LogP contribution in [0.25, 0.3) is 6.08 Å². The number of unbranched alkanes of at least 4 members (excludes halogenated alkanes) is 2. The van der Waals surface area contributed by atoms with Gasteiger partial charge in [0.2, 0.25) is 0 Å². The third-order valence-electron chi connectivity index (χ3n) is 2.45. The molecule has 0 bridgehead atoms. The molecule has 0 atom stereocenters. The number of hydrogen-bond donors (Lipinski definition) is 0. The average Bonchev–Trinajstić information content (AvgIpc) is 2.73. The summed E-state index contributed by atoms with van der Waals surface area (Å²) >= 11 is 0. The van der Waals surface area contributed by atoms with Crippen molar-refractivity contribution in [1.29, 1.82) is 0 Å². The van der Waals surface area contributed by atoms with Crippen molar-refractivity contribution in [3.05, 3.63) is 29.8 Å². The zero-order chi connectivity index (χ0) is 10.5. The molecule has 1 heterocycles. The van der Waals surface area contributed by atoms with Gasteiger partial charge in [-0.1, -0.05) is 44.1 Å². The molecule has 1 aromatic rings. The fraction of sp³-hybridized carbons (Fsp3) is 0.333. The Labute approximate surface area is 91.2 Å². The van der Waals surface area contributed by atoms with E-state index in [-0.39, 0.29) is 0 Å². The van der Waals surface area contributed by atoms with Crippen LogP contribution >= 0.6 is 0 Å². The highest BCUT2D eigenvalue weighted by molar-refractivity contribution is 6.23. The molecular formula is C12H15BO2. The van der Waals surface area contributed by atoms with Crippen molar-refractivity contribution >= 4 is 13.8 Å². The molecule has 3 heteroatoms. The van der Waals surface area contributed by atoms with E-state index in [1.54, 1.807) is 0 Å². The minimum Gasteiger partial charge on any atom is -0.526 e. The van der Waals surface area contributed by atoms with E-state index in [2.05, 4.69) is 25.1 Å². The van der Waals surface area contributed by atoms with Gasteiger partial charge in [-0.25, -0.2) is 0 Å². The van der Waals surface area contributed by atoms with Crippen LogP contribution in [0.2, 0.25) is 0 Å². The maximum Gasteiger partial charge on any atom is 0.576 e. The maximum absolute atomic E-state index is 5.41. The summed E-state index contributed by atoms with van der Waals surface area (Å²) in [6.45, 7) is 2.20. The van der Waals surface area contributed by atoms with Gasteiger partial charge >= 0.3 is 7.69 Å². The first kappa shape index (κ1) is 10.2. The highest BCUT2D eigenvalue weighted by atomic mass is 16.6. The fourth-order valence-electron chi connectivity index (χ4n) is 1.62. The molecule has 0 N–H and O–H groups in total. The van der Waals surface area contributed by atoms with Gasteiger partial charge in [-0.05, 0) is 12.5 Å². The third kappa shape index (κ3) is 2.35. The summed E-state index contributed by atoms with van der Waals surface area (Å²) in [6, 6.07) is 5.98. The predicted octanol–water partition coefficient (Wildman–Crippen LogP) is 2.93. The van der Waals surface area contributed by atoms with Crippen molar-refractivity contribution in [2.75, 3.05) is 0 Å². The van der Waals surface area contributed by atoms with Crippen LogP contribution in [-0.2, 0) is 0 Å². The molecule has 78 valence electrons. The smallest absolute Gasteiger partial charge is 0.526 e. The lowest BCUT2D eigenvalue weighted by atomic mass is 10.1. The number of fused-ring (bicyclic) bond motifs is 1. The van der Waals surface area contributed by atoms with Crippen LogP contribution in [0.1, 0.15) is 31.7 Å². The highest BCUT2D eigenvalue weighted by Crippen LogP contribution is 2.35. The molecule has 0 unspecified atom stereocenters. The van der Waals surface area contributed by atoms with E-state index >= 15 is 0 Å². The largest absolute Gasteiger partial charge is 0.576 e. The number of para-hydroxylation sites is 1. The molecule has 0 aromatic heterocycles. The van der Waals surface area contributed by atoms with Crippen LogP contribution in [0.4, 0.5) is 0 Å². The molecule has 0 spiro atoms. The molecule has 0 aliphatic carbocycles. The Hall–Kier alpha value is -1.38. The SMILES string of the molecule is CCCCC=Cc1cccc2c1OBO2. The van der Waals surface area contributed by atoms with Crippen LogP contribution in [0.3, 0.4) is 0 Å². The van der Waals surface area contributed by atoms with Gasteiger partial charge in [0.05, 0.1) is 0 Å². The highest BCUT2D eigenvalue weighted by Gasteiger charge is 2.16. The molecule has 15 heavy (non-hydrogen) atoms. The van der Waals surface area contributed by atoms with Crippen LogP contribution < -0.4 is 9.31 Å². The molecule has 1 aliphatic heterocycles. The van der Waals surface area contributed by atoms with Gasteiger partial charge in [0.25, 0.3) is 0 Å². The first-order valence-corrected chi connectivity index (χ1v) is 5.47. The van der Waals surface area contributed by atoms with Crippen LogP contribution in [0.5, 0.6) is 11.5 Å². The van der Waals surface area contributed by atoms with E-state index in [1.807, 2.05) is 12.1 Å². The lowest BCUT2D eigenvalue weighted by Crippen LogP contribution is -2.00. The Morgan fingerprint density at radius 3 is 3.13 bits per heavy atom. The van der Waals surface area contributed by atoms with Crippen molar-refractivity contribution < 1.29 is 9.31 Å². The Morgan fingerprint density at radius 2 is 2.27 bits per heavy atom. The summed E-state index contributed by atoms with van der Waals surface area (Å²) in [5.74, 6) is 1.73. The predicted molar refractivity (Wildman–Crippen MR) is 63.4 cm³/mol. The van der Waals surface area contributed by atoms with Crippen LogP contribution in [0, 0.1) is 0 Å². The minimum atomic E-state index is 0.342. The summed E-state index contributed by atoms with van der Waals surface area (Å²) < 4.78 is 10.7. The third-order valence-corrected chi connectivity index (χ3v) is 2.45. The number of rotatable bonds is 4. The minimum absolute atomic E-state index is 0.342. The molecular weight excluding hydrogens is 187 g/mol. The number of allylic oxidation sites excluding steroid dienone is 1. The van der Waals surface area contributed by atoms with E-state index in [9.17, 15) is 0 Å². The van der Waals surface area contributed by atoms with Crippen molar-refractivity contribution in [1.82, 2.24) is 0 Å². The summed E-state index contributed by atoms with van der Waals surface area (Å²) in [4.78, 5) is 0. The van der Waals surface area contributed by atoms with Crippen molar-refractivity contribution in [2.45, 2.75) is 26.2 Å². The zero-order valence-corrected chi connectivity index (χ0v) is 9.03. The van der Waals surface area contributed by atoms with Crippen LogP contribution in [-0.4, -0.2) is 7.69 Å². The molecule has 2 nitrogen and oxygen atoms in total. The van der Waals surface area contributed by atoms with Gasteiger partial charge in [-0.2, -0.15) is 0 Å². The van der Waals surface area contributed by atoms with Crippen molar-refractivity contribution in [3.8, 4) is 11.5 Å². The Bertz CT molecular complexity index is 361. The molecule has 0 fully saturated rings. The molecule has 0 saturated carbocycles. The summed E-state index contributed by atoms with van der Waals surface area (Å²) in [5, 5.41) is 0. The normalized spacial score (nSPS) is 13.1. The number of hydrogen-bond acceptors (Lipinski definition) is 2. The Balaban J connectivity index is 2.08. The molecule has 0 radical (unpaired) electrons. The van der Waals surface area contributed by atoms with E-state index in [4.69, 9.17) is 9.31 Å². The van der Waals surface area contributed by atoms with E-state index in [0.717, 1.165) is 23.5 Å². The van der Waals surface area contributed by atoms with E-state index in [0.29, 0.717) is 7.69 Å². The standard InChI is InChI=1S/C12H15BO2/c1-2-3-4-5-7-10-8-6-9-11-12(10)15-13-14-11/h5-9,13H,2-4H2,1H3. The fourth-order valence-corrected chi connectivity index (χ4v) is 1.62. The van der Waals surface area contributed by atoms with E-state index < -0.39 is 0 Å². The lowest BCUT2D eigenvalue weighted by molar-refractivity contribution is 0.541. The molecule has 1 aromatic carbocycles. The molecule has 0 amide bonds. The van der Waals surface area contributed by atoms with Gasteiger partial charge in [0, 0.05) is 5.56 Å². The van der Waals surface area contributed by atoms with Gasteiger partial charge < -0.3 is 9.31 Å². The summed E-state index contributed by atoms with van der Waals surface area (Å²) in [6.07, 6.45) is 7.91. The second kappa shape index (κ2) is 4.92. The van der Waals surface area contributed by atoms with E-state index in [1.165, 1.54) is 12.8 Å². The topological polar surface area (TPSA) is 18.5 Å². The monoisotopic (exact) mass is 202 g/mol. The lowest BCUT2D eigenvalue weighted by Gasteiger charge is -2.01. The number of benzene rings is 1. The van der Waals surface area contributed by atoms with Gasteiger partial charge in [-0.15, -0.1) is 0 Å². The van der Waals surface area contributed by atoms with Gasteiger partial charge in [-0.3, -0.25) is 0 Å². The molecule has 1 aliphatic rings. The maximum atomic E-state index is 5.41. The second-order valence-corrected chi connectivity index (χ2v) is 3.63. The Morgan fingerprint density at radius 1 is 1.33 bits per heavy atom. The van der Waals surface area contributed by atoms with Crippen molar-refractivity contribution in [3.63, 3.8) is 0 Å². The van der Waals surface area contributed by atoms with Gasteiger partial charge in [0.15, 0.2) is 0 Å². The average molecular weight is 202 g/mol. The Kier molecular flexibility index (Phi) is 3.33. The molecule has 2 rings (SSSR count). The quantitative estimate of drug-likeness (QED) is 0.552. The first-order valence-electron chi connectivity index (χ1n) is 5.47. The van der Waals surface area contributed by atoms with Crippen LogP contribution in [0.15, 0.2) is 24.3 Å². The first-order chi connectivity index (χ1) is 7.42. The molecule has 0 saturated heterocycles.